The molecule has 2 rings (SSSR count). The molecular formula is C13H20FN3. The lowest BCUT2D eigenvalue weighted by Gasteiger charge is -2.39. The van der Waals surface area contributed by atoms with Crippen molar-refractivity contribution in [3.8, 4) is 0 Å². The molecule has 1 unspecified atom stereocenters. The smallest absolute Gasteiger partial charge is 0.123 e. The van der Waals surface area contributed by atoms with Crippen molar-refractivity contribution in [2.75, 3.05) is 33.2 Å². The number of hydrogen-bond acceptors (Lipinski definition) is 3. The maximum absolute atomic E-state index is 13.1. The van der Waals surface area contributed by atoms with Crippen LogP contribution in [0.1, 0.15) is 5.56 Å². The van der Waals surface area contributed by atoms with Crippen LogP contribution in [0.4, 0.5) is 4.39 Å². The lowest BCUT2D eigenvalue weighted by Crippen LogP contribution is -2.54. The molecule has 0 bridgehead atoms. The fourth-order valence-electron chi connectivity index (χ4n) is 2.35. The first kappa shape index (κ1) is 12.5. The number of likely N-dealkylation sites (N-methyl/N-ethyl adjacent to an activating group) is 1. The summed E-state index contributed by atoms with van der Waals surface area (Å²) < 4.78 is 13.1. The normalized spacial score (nSPS) is 22.9. The summed E-state index contributed by atoms with van der Waals surface area (Å²) in [6.45, 7) is 4.47. The topological polar surface area (TPSA) is 32.5 Å². The number of nitrogens with zero attached hydrogens (tertiary/aromatic N) is 2. The van der Waals surface area contributed by atoms with Crippen LogP contribution < -0.4 is 5.73 Å². The molecule has 0 saturated carbocycles. The van der Waals surface area contributed by atoms with Crippen molar-refractivity contribution in [3.63, 3.8) is 0 Å². The molecule has 1 fully saturated rings. The van der Waals surface area contributed by atoms with Crippen LogP contribution in [0.3, 0.4) is 0 Å². The Hall–Kier alpha value is -0.970. The predicted octanol–water partition coefficient (Wildman–Crippen LogP) is 0.900. The Kier molecular flexibility index (Phi) is 4.10. The van der Waals surface area contributed by atoms with E-state index in [0.29, 0.717) is 12.6 Å². The molecule has 0 radical (unpaired) electrons. The average molecular weight is 237 g/mol. The Bertz CT molecular complexity index is 369. The van der Waals surface area contributed by atoms with E-state index in [0.717, 1.165) is 31.7 Å². The van der Waals surface area contributed by atoms with E-state index in [1.165, 1.54) is 6.07 Å². The Morgan fingerprint density at radius 1 is 1.41 bits per heavy atom. The fourth-order valence-corrected chi connectivity index (χ4v) is 2.35. The first-order valence-corrected chi connectivity index (χ1v) is 6.06. The summed E-state index contributed by atoms with van der Waals surface area (Å²) in [6, 6.07) is 7.18. The second-order valence-electron chi connectivity index (χ2n) is 4.75. The number of halogens is 1. The number of nitrogens with two attached hydrogens (primary N) is 1. The lowest BCUT2D eigenvalue weighted by atomic mass is 10.1. The second kappa shape index (κ2) is 5.58. The van der Waals surface area contributed by atoms with E-state index in [1.54, 1.807) is 12.1 Å². The van der Waals surface area contributed by atoms with Gasteiger partial charge in [0.25, 0.3) is 0 Å². The van der Waals surface area contributed by atoms with Crippen LogP contribution in [0.15, 0.2) is 24.3 Å². The predicted molar refractivity (Wildman–Crippen MR) is 67.1 cm³/mol. The van der Waals surface area contributed by atoms with Crippen LogP contribution in [0.5, 0.6) is 0 Å². The van der Waals surface area contributed by atoms with Gasteiger partial charge in [-0.15, -0.1) is 0 Å². The molecule has 1 aromatic rings. The van der Waals surface area contributed by atoms with Gasteiger partial charge in [0.2, 0.25) is 0 Å². The van der Waals surface area contributed by atoms with Gasteiger partial charge in [-0.2, -0.15) is 0 Å². The van der Waals surface area contributed by atoms with Crippen molar-refractivity contribution in [2.24, 2.45) is 5.73 Å². The van der Waals surface area contributed by atoms with Gasteiger partial charge in [0, 0.05) is 38.8 Å². The molecule has 1 heterocycles. The van der Waals surface area contributed by atoms with Gasteiger partial charge in [0.1, 0.15) is 5.82 Å². The highest BCUT2D eigenvalue weighted by molar-refractivity contribution is 5.16. The van der Waals surface area contributed by atoms with Gasteiger partial charge in [0.05, 0.1) is 0 Å². The molecule has 94 valence electrons. The SMILES string of the molecule is CN1CCN(Cc2cccc(F)c2)C(CN)C1. The Labute approximate surface area is 102 Å². The van der Waals surface area contributed by atoms with Gasteiger partial charge in [-0.25, -0.2) is 4.39 Å². The number of rotatable bonds is 3. The van der Waals surface area contributed by atoms with Crippen molar-refractivity contribution in [3.05, 3.63) is 35.6 Å². The molecule has 1 aromatic carbocycles. The van der Waals surface area contributed by atoms with Crippen LogP contribution in [0.25, 0.3) is 0 Å². The minimum Gasteiger partial charge on any atom is -0.329 e. The highest BCUT2D eigenvalue weighted by Crippen LogP contribution is 2.13. The summed E-state index contributed by atoms with van der Waals surface area (Å²) >= 11 is 0. The molecule has 3 nitrogen and oxygen atoms in total. The number of benzene rings is 1. The molecule has 0 amide bonds. The highest BCUT2D eigenvalue weighted by atomic mass is 19.1. The third-order valence-electron chi connectivity index (χ3n) is 3.35. The molecule has 17 heavy (non-hydrogen) atoms. The van der Waals surface area contributed by atoms with Crippen LogP contribution >= 0.6 is 0 Å². The first-order chi connectivity index (χ1) is 8.19. The van der Waals surface area contributed by atoms with E-state index in [4.69, 9.17) is 5.73 Å². The molecule has 4 heteroatoms. The maximum atomic E-state index is 13.1. The average Bonchev–Trinajstić information content (AvgIpc) is 2.31. The van der Waals surface area contributed by atoms with E-state index < -0.39 is 0 Å². The molecule has 1 aliphatic heterocycles. The summed E-state index contributed by atoms with van der Waals surface area (Å²) in [5, 5.41) is 0. The van der Waals surface area contributed by atoms with Crippen LogP contribution in [0, 0.1) is 5.82 Å². The standard InChI is InChI=1S/C13H20FN3/c1-16-5-6-17(13(8-15)10-16)9-11-3-2-4-12(14)7-11/h2-4,7,13H,5-6,8-10,15H2,1H3. The van der Waals surface area contributed by atoms with Crippen molar-refractivity contribution >= 4 is 0 Å². The third-order valence-corrected chi connectivity index (χ3v) is 3.35. The van der Waals surface area contributed by atoms with Gasteiger partial charge in [-0.05, 0) is 24.7 Å². The van der Waals surface area contributed by atoms with E-state index in [9.17, 15) is 4.39 Å². The minimum atomic E-state index is -0.166. The molecule has 2 N–H and O–H groups in total. The molecule has 1 aliphatic rings. The van der Waals surface area contributed by atoms with Gasteiger partial charge in [0.15, 0.2) is 0 Å². The quantitative estimate of drug-likeness (QED) is 0.848. The van der Waals surface area contributed by atoms with E-state index in [2.05, 4.69) is 16.8 Å². The molecular weight excluding hydrogens is 217 g/mol. The van der Waals surface area contributed by atoms with Crippen molar-refractivity contribution < 1.29 is 4.39 Å². The molecule has 0 spiro atoms. The summed E-state index contributed by atoms with van der Waals surface area (Å²) in [4.78, 5) is 4.63. The molecule has 0 aliphatic carbocycles. The Balaban J connectivity index is 2.02. The summed E-state index contributed by atoms with van der Waals surface area (Å²) in [5.41, 5.74) is 6.82. The van der Waals surface area contributed by atoms with Crippen LogP contribution in [-0.2, 0) is 6.54 Å². The maximum Gasteiger partial charge on any atom is 0.123 e. The van der Waals surface area contributed by atoms with Gasteiger partial charge >= 0.3 is 0 Å². The first-order valence-electron chi connectivity index (χ1n) is 6.06. The Morgan fingerprint density at radius 3 is 2.94 bits per heavy atom. The largest absolute Gasteiger partial charge is 0.329 e. The second-order valence-corrected chi connectivity index (χ2v) is 4.75. The van der Waals surface area contributed by atoms with E-state index >= 15 is 0 Å². The molecule has 1 atom stereocenters. The van der Waals surface area contributed by atoms with Gasteiger partial charge in [-0.1, -0.05) is 12.1 Å². The molecule has 0 aromatic heterocycles. The third kappa shape index (κ3) is 3.25. The zero-order valence-electron chi connectivity index (χ0n) is 10.3. The highest BCUT2D eigenvalue weighted by Gasteiger charge is 2.23. The number of piperazine rings is 1. The monoisotopic (exact) mass is 237 g/mol. The summed E-state index contributed by atoms with van der Waals surface area (Å²) in [7, 11) is 2.11. The zero-order valence-corrected chi connectivity index (χ0v) is 10.3. The van der Waals surface area contributed by atoms with E-state index in [-0.39, 0.29) is 5.82 Å². The Morgan fingerprint density at radius 2 is 2.24 bits per heavy atom. The van der Waals surface area contributed by atoms with Crippen molar-refractivity contribution in [1.82, 2.24) is 9.80 Å². The summed E-state index contributed by atoms with van der Waals surface area (Å²) in [5.74, 6) is -0.166. The van der Waals surface area contributed by atoms with Crippen molar-refractivity contribution in [1.29, 1.82) is 0 Å². The zero-order chi connectivity index (χ0) is 12.3. The van der Waals surface area contributed by atoms with Gasteiger partial charge in [-0.3, -0.25) is 4.90 Å². The van der Waals surface area contributed by atoms with Crippen LogP contribution in [-0.4, -0.2) is 49.1 Å². The number of hydrogen-bond donors (Lipinski definition) is 1. The van der Waals surface area contributed by atoms with Crippen LogP contribution in [0.2, 0.25) is 0 Å². The lowest BCUT2D eigenvalue weighted by molar-refractivity contribution is 0.0880. The minimum absolute atomic E-state index is 0.166. The summed E-state index contributed by atoms with van der Waals surface area (Å²) in [6.07, 6.45) is 0. The fraction of sp³-hybridized carbons (Fsp3) is 0.538. The van der Waals surface area contributed by atoms with E-state index in [1.807, 2.05) is 6.07 Å². The van der Waals surface area contributed by atoms with Crippen molar-refractivity contribution in [2.45, 2.75) is 12.6 Å². The van der Waals surface area contributed by atoms with Gasteiger partial charge < -0.3 is 10.6 Å². The molecule has 1 saturated heterocycles.